The monoisotopic (exact) mass is 321 g/mol. The zero-order valence-corrected chi connectivity index (χ0v) is 13.2. The SMILES string of the molecule is O=C1CS[C@H](c2cn(-c3ccccc3)nc2-c2ccccc2)N1. The van der Waals surface area contributed by atoms with Crippen molar-refractivity contribution in [2.75, 3.05) is 5.75 Å². The van der Waals surface area contributed by atoms with E-state index in [2.05, 4.69) is 5.32 Å². The van der Waals surface area contributed by atoms with E-state index in [0.717, 1.165) is 22.5 Å². The second kappa shape index (κ2) is 5.93. The van der Waals surface area contributed by atoms with Gasteiger partial charge in [0, 0.05) is 17.3 Å². The maximum Gasteiger partial charge on any atom is 0.231 e. The first-order valence-corrected chi connectivity index (χ1v) is 8.47. The highest BCUT2D eigenvalue weighted by molar-refractivity contribution is 8.00. The average Bonchev–Trinajstić information content (AvgIpc) is 3.23. The molecule has 1 fully saturated rings. The standard InChI is InChI=1S/C18H15N3OS/c22-16-12-23-18(19-16)15-11-21(14-9-5-2-6-10-14)20-17(15)13-7-3-1-4-8-13/h1-11,18H,12H2,(H,19,22)/t18-/m1/s1. The fourth-order valence-electron chi connectivity index (χ4n) is 2.67. The molecule has 3 aromatic rings. The molecule has 1 saturated heterocycles. The predicted octanol–water partition coefficient (Wildman–Crippen LogP) is 3.40. The van der Waals surface area contributed by atoms with Crippen molar-refractivity contribution >= 4 is 17.7 Å². The van der Waals surface area contributed by atoms with Crippen molar-refractivity contribution in [3.05, 3.63) is 72.4 Å². The fourth-order valence-corrected chi connectivity index (χ4v) is 3.64. The highest BCUT2D eigenvalue weighted by Gasteiger charge is 2.27. The summed E-state index contributed by atoms with van der Waals surface area (Å²) in [4.78, 5) is 11.6. The Morgan fingerprint density at radius 2 is 1.74 bits per heavy atom. The van der Waals surface area contributed by atoms with Gasteiger partial charge in [-0.3, -0.25) is 4.79 Å². The zero-order chi connectivity index (χ0) is 15.6. The quantitative estimate of drug-likeness (QED) is 0.804. The van der Waals surface area contributed by atoms with Crippen LogP contribution in [0.5, 0.6) is 0 Å². The van der Waals surface area contributed by atoms with Crippen LogP contribution in [0.25, 0.3) is 16.9 Å². The molecule has 0 unspecified atom stereocenters. The maximum absolute atomic E-state index is 11.6. The van der Waals surface area contributed by atoms with Crippen LogP contribution in [0.1, 0.15) is 10.9 Å². The summed E-state index contributed by atoms with van der Waals surface area (Å²) in [5, 5.41) is 7.74. The van der Waals surface area contributed by atoms with E-state index in [-0.39, 0.29) is 11.3 Å². The van der Waals surface area contributed by atoms with Crippen LogP contribution in [0.15, 0.2) is 66.9 Å². The van der Waals surface area contributed by atoms with Crippen molar-refractivity contribution in [1.29, 1.82) is 0 Å². The smallest absolute Gasteiger partial charge is 0.231 e. The summed E-state index contributed by atoms with van der Waals surface area (Å²) in [6.45, 7) is 0. The van der Waals surface area contributed by atoms with E-state index in [1.54, 1.807) is 11.8 Å². The summed E-state index contributed by atoms with van der Waals surface area (Å²) >= 11 is 1.61. The third-order valence-electron chi connectivity index (χ3n) is 3.77. The van der Waals surface area contributed by atoms with Crippen LogP contribution in [0.2, 0.25) is 0 Å². The van der Waals surface area contributed by atoms with Crippen molar-refractivity contribution in [2.45, 2.75) is 5.37 Å². The molecule has 0 saturated carbocycles. The zero-order valence-electron chi connectivity index (χ0n) is 12.3. The minimum Gasteiger partial charge on any atom is -0.339 e. The molecule has 0 spiro atoms. The second-order valence-corrected chi connectivity index (χ2v) is 6.43. The molecule has 1 aliphatic rings. The van der Waals surface area contributed by atoms with Crippen molar-refractivity contribution < 1.29 is 4.79 Å². The number of aromatic nitrogens is 2. The first-order chi connectivity index (χ1) is 11.3. The largest absolute Gasteiger partial charge is 0.339 e. The molecule has 1 aromatic heterocycles. The fraction of sp³-hybridized carbons (Fsp3) is 0.111. The normalized spacial score (nSPS) is 17.2. The summed E-state index contributed by atoms with van der Waals surface area (Å²) in [6, 6.07) is 20.1. The number of rotatable bonds is 3. The van der Waals surface area contributed by atoms with Gasteiger partial charge in [0.1, 0.15) is 5.37 Å². The number of carbonyl (C=O) groups excluding carboxylic acids is 1. The number of amides is 1. The van der Waals surface area contributed by atoms with Gasteiger partial charge in [0.05, 0.1) is 17.1 Å². The van der Waals surface area contributed by atoms with Gasteiger partial charge in [-0.1, -0.05) is 48.5 Å². The Bertz CT molecular complexity index is 830. The van der Waals surface area contributed by atoms with Gasteiger partial charge in [-0.15, -0.1) is 11.8 Å². The third kappa shape index (κ3) is 2.75. The van der Waals surface area contributed by atoms with Gasteiger partial charge >= 0.3 is 0 Å². The lowest BCUT2D eigenvalue weighted by Crippen LogP contribution is -2.19. The van der Waals surface area contributed by atoms with Crippen molar-refractivity contribution in [3.8, 4) is 16.9 Å². The first kappa shape index (κ1) is 14.1. The third-order valence-corrected chi connectivity index (χ3v) is 4.90. The molecule has 23 heavy (non-hydrogen) atoms. The second-order valence-electron chi connectivity index (χ2n) is 5.34. The Hall–Kier alpha value is -2.53. The molecule has 0 radical (unpaired) electrons. The lowest BCUT2D eigenvalue weighted by atomic mass is 10.1. The van der Waals surface area contributed by atoms with Crippen LogP contribution in [-0.4, -0.2) is 21.4 Å². The van der Waals surface area contributed by atoms with Crippen LogP contribution in [0.3, 0.4) is 0 Å². The topological polar surface area (TPSA) is 46.9 Å². The molecule has 4 nitrogen and oxygen atoms in total. The van der Waals surface area contributed by atoms with E-state index in [0.29, 0.717) is 5.75 Å². The Balaban J connectivity index is 1.82. The minimum atomic E-state index is -0.0461. The van der Waals surface area contributed by atoms with Crippen LogP contribution >= 0.6 is 11.8 Å². The summed E-state index contributed by atoms with van der Waals surface area (Å²) in [5.41, 5.74) is 4.01. The van der Waals surface area contributed by atoms with Crippen LogP contribution in [0.4, 0.5) is 0 Å². The molecule has 2 heterocycles. The van der Waals surface area contributed by atoms with E-state index in [1.165, 1.54) is 0 Å². The summed E-state index contributed by atoms with van der Waals surface area (Å²) in [7, 11) is 0. The Labute approximate surface area is 138 Å². The van der Waals surface area contributed by atoms with E-state index < -0.39 is 0 Å². The number of para-hydroxylation sites is 1. The number of nitrogens with one attached hydrogen (secondary N) is 1. The van der Waals surface area contributed by atoms with Gasteiger partial charge in [-0.05, 0) is 12.1 Å². The highest BCUT2D eigenvalue weighted by Crippen LogP contribution is 2.36. The number of nitrogens with zero attached hydrogens (tertiary/aromatic N) is 2. The highest BCUT2D eigenvalue weighted by atomic mass is 32.2. The van der Waals surface area contributed by atoms with Gasteiger partial charge in [-0.2, -0.15) is 5.10 Å². The van der Waals surface area contributed by atoms with Crippen molar-refractivity contribution in [2.24, 2.45) is 0 Å². The lowest BCUT2D eigenvalue weighted by molar-refractivity contribution is -0.118. The molecule has 5 heteroatoms. The van der Waals surface area contributed by atoms with Crippen LogP contribution < -0.4 is 5.32 Å². The summed E-state index contributed by atoms with van der Waals surface area (Å²) in [5.74, 6) is 0.571. The molecule has 2 aromatic carbocycles. The van der Waals surface area contributed by atoms with E-state index in [1.807, 2.05) is 71.5 Å². The Morgan fingerprint density at radius 3 is 2.39 bits per heavy atom. The minimum absolute atomic E-state index is 0.0461. The van der Waals surface area contributed by atoms with E-state index in [9.17, 15) is 4.79 Å². The van der Waals surface area contributed by atoms with Gasteiger partial charge < -0.3 is 5.32 Å². The lowest BCUT2D eigenvalue weighted by Gasteiger charge is -2.09. The molecule has 114 valence electrons. The Morgan fingerprint density at radius 1 is 1.04 bits per heavy atom. The summed E-state index contributed by atoms with van der Waals surface area (Å²) in [6.07, 6.45) is 2.01. The molecule has 1 atom stereocenters. The van der Waals surface area contributed by atoms with E-state index in [4.69, 9.17) is 5.10 Å². The molecule has 1 amide bonds. The molecule has 4 rings (SSSR count). The molecular weight excluding hydrogens is 306 g/mol. The van der Waals surface area contributed by atoms with Gasteiger partial charge in [0.15, 0.2) is 0 Å². The average molecular weight is 321 g/mol. The number of benzene rings is 2. The molecule has 0 aliphatic carbocycles. The number of hydrogen-bond donors (Lipinski definition) is 1. The molecular formula is C18H15N3OS. The first-order valence-electron chi connectivity index (χ1n) is 7.42. The maximum atomic E-state index is 11.6. The van der Waals surface area contributed by atoms with Gasteiger partial charge in [0.25, 0.3) is 0 Å². The summed E-state index contributed by atoms with van der Waals surface area (Å²) < 4.78 is 1.88. The number of carbonyl (C=O) groups is 1. The Kier molecular flexibility index (Phi) is 3.63. The van der Waals surface area contributed by atoms with Crippen molar-refractivity contribution in [1.82, 2.24) is 15.1 Å². The van der Waals surface area contributed by atoms with Crippen molar-refractivity contribution in [3.63, 3.8) is 0 Å². The van der Waals surface area contributed by atoms with Crippen LogP contribution in [-0.2, 0) is 4.79 Å². The number of hydrogen-bond acceptors (Lipinski definition) is 3. The van der Waals surface area contributed by atoms with Gasteiger partial charge in [0.2, 0.25) is 5.91 Å². The molecule has 0 bridgehead atoms. The van der Waals surface area contributed by atoms with E-state index >= 15 is 0 Å². The number of thioether (sulfide) groups is 1. The molecule has 1 N–H and O–H groups in total. The predicted molar refractivity (Wildman–Crippen MR) is 92.3 cm³/mol. The van der Waals surface area contributed by atoms with Crippen LogP contribution in [0, 0.1) is 0 Å². The van der Waals surface area contributed by atoms with Gasteiger partial charge in [-0.25, -0.2) is 4.68 Å². The molecule has 1 aliphatic heterocycles.